The molecule has 0 saturated carbocycles. The fraction of sp³-hybridized carbons (Fsp3) is 0.176. The van der Waals surface area contributed by atoms with Gasteiger partial charge in [-0.2, -0.15) is 13.2 Å². The molecule has 2 aromatic rings. The summed E-state index contributed by atoms with van der Waals surface area (Å²) >= 11 is 5.74. The highest BCUT2D eigenvalue weighted by Gasteiger charge is 2.27. The van der Waals surface area contributed by atoms with Crippen LogP contribution in [0.1, 0.15) is 10.4 Å². The molecule has 2 amide bonds. The van der Waals surface area contributed by atoms with Crippen molar-refractivity contribution in [2.45, 2.75) is 6.18 Å². The van der Waals surface area contributed by atoms with Gasteiger partial charge in [0.15, 0.2) is 6.61 Å². The number of hydrogen-bond donors (Lipinski definition) is 2. The fourth-order valence-corrected chi connectivity index (χ4v) is 2.02. The van der Waals surface area contributed by atoms with Crippen LogP contribution in [-0.4, -0.2) is 31.1 Å². The molecule has 138 valence electrons. The van der Waals surface area contributed by atoms with Crippen molar-refractivity contribution in [3.8, 4) is 5.75 Å². The molecule has 2 rings (SSSR count). The summed E-state index contributed by atoms with van der Waals surface area (Å²) in [5.74, 6) is -0.937. The number of ether oxygens (including phenoxy) is 1. The van der Waals surface area contributed by atoms with Gasteiger partial charge in [-0.25, -0.2) is 0 Å². The third-order valence-corrected chi connectivity index (χ3v) is 3.29. The summed E-state index contributed by atoms with van der Waals surface area (Å²) in [6, 6.07) is 12.0. The Morgan fingerprint density at radius 2 is 1.77 bits per heavy atom. The second-order valence-electron chi connectivity index (χ2n) is 5.17. The summed E-state index contributed by atoms with van der Waals surface area (Å²) in [5, 5.41) is 4.79. The molecule has 0 fully saturated rings. The van der Waals surface area contributed by atoms with E-state index in [-0.39, 0.29) is 17.9 Å². The van der Waals surface area contributed by atoms with E-state index >= 15 is 0 Å². The van der Waals surface area contributed by atoms with Gasteiger partial charge in [-0.3, -0.25) is 9.59 Å². The zero-order chi connectivity index (χ0) is 19.2. The van der Waals surface area contributed by atoms with Crippen molar-refractivity contribution in [1.29, 1.82) is 0 Å². The third kappa shape index (κ3) is 6.64. The Balaban J connectivity index is 1.89. The van der Waals surface area contributed by atoms with Crippen molar-refractivity contribution < 1.29 is 27.5 Å². The van der Waals surface area contributed by atoms with Gasteiger partial charge >= 0.3 is 6.18 Å². The van der Waals surface area contributed by atoms with E-state index in [0.717, 1.165) is 0 Å². The third-order valence-electron chi connectivity index (χ3n) is 3.04. The lowest BCUT2D eigenvalue weighted by atomic mass is 10.2. The molecule has 5 nitrogen and oxygen atoms in total. The first kappa shape index (κ1) is 19.6. The van der Waals surface area contributed by atoms with E-state index in [1.165, 1.54) is 24.3 Å². The van der Waals surface area contributed by atoms with Gasteiger partial charge in [0.25, 0.3) is 11.8 Å². The van der Waals surface area contributed by atoms with Crippen LogP contribution in [0.25, 0.3) is 0 Å². The zero-order valence-corrected chi connectivity index (χ0v) is 14.0. The monoisotopic (exact) mass is 386 g/mol. The molecule has 0 aliphatic rings. The van der Waals surface area contributed by atoms with Crippen molar-refractivity contribution in [3.05, 3.63) is 59.1 Å². The minimum Gasteiger partial charge on any atom is -0.484 e. The maximum atomic E-state index is 12.1. The highest BCUT2D eigenvalue weighted by atomic mass is 35.5. The minimum absolute atomic E-state index is 0.00864. The Hall–Kier alpha value is -2.74. The molecule has 0 aliphatic heterocycles. The number of amides is 2. The first-order chi connectivity index (χ1) is 12.2. The predicted octanol–water partition coefficient (Wildman–Crippen LogP) is 3.65. The maximum Gasteiger partial charge on any atom is 0.405 e. The van der Waals surface area contributed by atoms with E-state index in [2.05, 4.69) is 5.32 Å². The molecule has 0 heterocycles. The number of nitrogens with one attached hydrogen (secondary N) is 2. The lowest BCUT2D eigenvalue weighted by Gasteiger charge is -2.10. The summed E-state index contributed by atoms with van der Waals surface area (Å²) in [6.07, 6.45) is -4.50. The first-order valence-corrected chi connectivity index (χ1v) is 7.74. The molecule has 0 spiro atoms. The van der Waals surface area contributed by atoms with Crippen LogP contribution < -0.4 is 15.4 Å². The second-order valence-corrected chi connectivity index (χ2v) is 5.61. The lowest BCUT2D eigenvalue weighted by Crippen LogP contribution is -2.33. The number of halogens is 4. The van der Waals surface area contributed by atoms with Crippen LogP contribution in [0.5, 0.6) is 5.75 Å². The summed E-state index contributed by atoms with van der Waals surface area (Å²) in [5.41, 5.74) is 0.250. The summed E-state index contributed by atoms with van der Waals surface area (Å²) in [4.78, 5) is 23.6. The number of alkyl halides is 3. The number of anilines is 1. The average Bonchev–Trinajstić information content (AvgIpc) is 2.59. The predicted molar refractivity (Wildman–Crippen MR) is 90.4 cm³/mol. The van der Waals surface area contributed by atoms with Gasteiger partial charge in [0.05, 0.1) is 0 Å². The second kappa shape index (κ2) is 8.57. The molecular formula is C17H14ClF3N2O3. The smallest absolute Gasteiger partial charge is 0.405 e. The van der Waals surface area contributed by atoms with E-state index < -0.39 is 24.5 Å². The van der Waals surface area contributed by atoms with Crippen LogP contribution in [0.2, 0.25) is 5.02 Å². The normalized spacial score (nSPS) is 10.9. The molecule has 0 radical (unpaired) electrons. The molecule has 0 atom stereocenters. The number of carbonyl (C=O) groups is 2. The van der Waals surface area contributed by atoms with Gasteiger partial charge in [-0.05, 0) is 42.5 Å². The number of carbonyl (C=O) groups excluding carboxylic acids is 2. The van der Waals surface area contributed by atoms with Crippen molar-refractivity contribution in [2.75, 3.05) is 18.5 Å². The molecule has 0 unspecified atom stereocenters. The molecule has 9 heteroatoms. The number of hydrogen-bond acceptors (Lipinski definition) is 3. The fourth-order valence-electron chi connectivity index (χ4n) is 1.90. The molecule has 0 aliphatic carbocycles. The van der Waals surface area contributed by atoms with Crippen LogP contribution in [0.3, 0.4) is 0 Å². The van der Waals surface area contributed by atoms with E-state index in [1.807, 2.05) is 0 Å². The van der Waals surface area contributed by atoms with Crippen molar-refractivity contribution in [3.63, 3.8) is 0 Å². The summed E-state index contributed by atoms with van der Waals surface area (Å²) in [7, 11) is 0. The average molecular weight is 387 g/mol. The zero-order valence-electron chi connectivity index (χ0n) is 13.3. The van der Waals surface area contributed by atoms with E-state index in [9.17, 15) is 22.8 Å². The summed E-state index contributed by atoms with van der Waals surface area (Å²) in [6.45, 7) is -1.72. The van der Waals surface area contributed by atoms with Crippen molar-refractivity contribution in [2.24, 2.45) is 0 Å². The van der Waals surface area contributed by atoms with Gasteiger partial charge in [0.1, 0.15) is 12.3 Å². The first-order valence-electron chi connectivity index (χ1n) is 7.36. The van der Waals surface area contributed by atoms with Gasteiger partial charge < -0.3 is 15.4 Å². The SMILES string of the molecule is O=C(COc1ccc(Cl)cc1)Nc1cccc(C(=O)NCC(F)(F)F)c1. The Morgan fingerprint density at radius 1 is 1.08 bits per heavy atom. The Labute approximate surface area is 152 Å². The van der Waals surface area contributed by atoms with E-state index in [1.54, 1.807) is 29.6 Å². The van der Waals surface area contributed by atoms with Gasteiger partial charge in [0.2, 0.25) is 0 Å². The van der Waals surface area contributed by atoms with Crippen LogP contribution in [0, 0.1) is 0 Å². The molecule has 26 heavy (non-hydrogen) atoms. The molecule has 2 aromatic carbocycles. The Bertz CT molecular complexity index is 780. The van der Waals surface area contributed by atoms with Crippen LogP contribution in [0.4, 0.5) is 18.9 Å². The summed E-state index contributed by atoms with van der Waals surface area (Å²) < 4.78 is 41.7. The lowest BCUT2D eigenvalue weighted by molar-refractivity contribution is -0.123. The van der Waals surface area contributed by atoms with Crippen LogP contribution in [-0.2, 0) is 4.79 Å². The van der Waals surface area contributed by atoms with Crippen LogP contribution >= 0.6 is 11.6 Å². The highest BCUT2D eigenvalue weighted by molar-refractivity contribution is 6.30. The van der Waals surface area contributed by atoms with Crippen molar-refractivity contribution in [1.82, 2.24) is 5.32 Å². The largest absolute Gasteiger partial charge is 0.484 e. The maximum absolute atomic E-state index is 12.1. The van der Waals surface area contributed by atoms with E-state index in [4.69, 9.17) is 16.3 Å². The molecular weight excluding hydrogens is 373 g/mol. The minimum atomic E-state index is -4.50. The van der Waals surface area contributed by atoms with Gasteiger partial charge in [0, 0.05) is 16.3 Å². The molecule has 2 N–H and O–H groups in total. The molecule has 0 saturated heterocycles. The van der Waals surface area contributed by atoms with Gasteiger partial charge in [-0.15, -0.1) is 0 Å². The Morgan fingerprint density at radius 3 is 2.42 bits per heavy atom. The molecule has 0 aromatic heterocycles. The van der Waals surface area contributed by atoms with Crippen molar-refractivity contribution >= 4 is 29.1 Å². The quantitative estimate of drug-likeness (QED) is 0.796. The highest BCUT2D eigenvalue weighted by Crippen LogP contribution is 2.16. The van der Waals surface area contributed by atoms with Crippen LogP contribution in [0.15, 0.2) is 48.5 Å². The number of rotatable bonds is 6. The topological polar surface area (TPSA) is 67.4 Å². The van der Waals surface area contributed by atoms with Gasteiger partial charge in [-0.1, -0.05) is 17.7 Å². The number of benzene rings is 2. The molecule has 0 bridgehead atoms. The standard InChI is InChI=1S/C17H14ClF3N2O3/c18-12-4-6-14(7-5-12)26-9-15(24)23-13-3-1-2-11(8-13)16(25)22-10-17(19,20)21/h1-8H,9-10H2,(H,22,25)(H,23,24). The Kier molecular flexibility index (Phi) is 6.46. The van der Waals surface area contributed by atoms with E-state index in [0.29, 0.717) is 10.8 Å².